The number of fused-ring (bicyclic) bond motifs is 2. The van der Waals surface area contributed by atoms with Crippen LogP contribution in [0.2, 0.25) is 18.1 Å². The number of ether oxygens (including phenoxy) is 1. The van der Waals surface area contributed by atoms with Gasteiger partial charge in [0.15, 0.2) is 8.32 Å². The Hall–Kier alpha value is -0.883. The van der Waals surface area contributed by atoms with Crippen molar-refractivity contribution in [2.75, 3.05) is 6.61 Å². The smallest absolute Gasteiger partial charge is 0.410 e. The van der Waals surface area contributed by atoms with E-state index < -0.39 is 13.9 Å². The zero-order valence-corrected chi connectivity index (χ0v) is 19.6. The van der Waals surface area contributed by atoms with Crippen LogP contribution in [0.3, 0.4) is 0 Å². The summed E-state index contributed by atoms with van der Waals surface area (Å²) in [6, 6.07) is 0.294. The van der Waals surface area contributed by atoms with E-state index in [0.717, 1.165) is 25.7 Å². The zero-order valence-electron chi connectivity index (χ0n) is 18.6. The molecular weight excluding hydrogens is 358 g/mol. The topological polar surface area (TPSA) is 55.8 Å². The molecule has 2 fully saturated rings. The zero-order chi connectivity index (χ0) is 20.6. The van der Waals surface area contributed by atoms with E-state index in [1.807, 2.05) is 25.7 Å². The molecule has 2 rings (SSSR count). The Morgan fingerprint density at radius 3 is 1.96 bits per heavy atom. The second-order valence-corrected chi connectivity index (χ2v) is 15.6. The quantitative estimate of drug-likeness (QED) is 0.602. The summed E-state index contributed by atoms with van der Waals surface area (Å²) < 4.78 is 11.7. The van der Waals surface area contributed by atoms with Crippen molar-refractivity contribution in [1.29, 1.82) is 0 Å². The first-order valence-corrected chi connectivity index (χ1v) is 13.3. The third kappa shape index (κ3) is 5.56. The molecule has 6 heteroatoms. The number of hydrogen-bond acceptors (Lipinski definition) is 4. The summed E-state index contributed by atoms with van der Waals surface area (Å²) in [5.74, 6) is 0.360. The number of amides is 1. The SMILES string of the molecule is CC(C)(C)OC(=O)N1C2CCC1CC(C(=O)CCO[Si](C)(C)C(C)(C)C)C2. The van der Waals surface area contributed by atoms with E-state index in [1.165, 1.54) is 0 Å². The number of hydrogen-bond donors (Lipinski definition) is 0. The summed E-state index contributed by atoms with van der Waals surface area (Å²) >= 11 is 0. The third-order valence-electron chi connectivity index (χ3n) is 6.41. The highest BCUT2D eigenvalue weighted by molar-refractivity contribution is 6.74. The lowest BCUT2D eigenvalue weighted by Crippen LogP contribution is -2.49. The van der Waals surface area contributed by atoms with Gasteiger partial charge in [-0.3, -0.25) is 4.79 Å². The van der Waals surface area contributed by atoms with Crippen molar-refractivity contribution in [2.24, 2.45) is 5.92 Å². The Morgan fingerprint density at radius 1 is 1.00 bits per heavy atom. The van der Waals surface area contributed by atoms with Crippen LogP contribution in [-0.2, 0) is 14.0 Å². The Morgan fingerprint density at radius 2 is 1.52 bits per heavy atom. The molecule has 2 heterocycles. The van der Waals surface area contributed by atoms with Crippen LogP contribution in [0.15, 0.2) is 0 Å². The van der Waals surface area contributed by atoms with Gasteiger partial charge >= 0.3 is 6.09 Å². The average molecular weight is 398 g/mol. The van der Waals surface area contributed by atoms with Crippen LogP contribution >= 0.6 is 0 Å². The highest BCUT2D eigenvalue weighted by Crippen LogP contribution is 2.40. The molecule has 2 atom stereocenters. The van der Waals surface area contributed by atoms with Crippen LogP contribution < -0.4 is 0 Å². The number of piperidine rings is 1. The normalized spacial score (nSPS) is 26.2. The fourth-order valence-corrected chi connectivity index (χ4v) is 4.93. The third-order valence-corrected chi connectivity index (χ3v) is 10.9. The van der Waals surface area contributed by atoms with Gasteiger partial charge in [-0.2, -0.15) is 0 Å². The standard InChI is InChI=1S/C21H39NO4Si/c1-20(2,3)26-19(24)22-16-9-10-17(22)14-15(13-16)18(23)11-12-25-27(7,8)21(4,5)6/h15-17H,9-14H2,1-8H3. The van der Waals surface area contributed by atoms with E-state index in [0.29, 0.717) is 18.8 Å². The largest absolute Gasteiger partial charge is 0.444 e. The van der Waals surface area contributed by atoms with Gasteiger partial charge in [-0.25, -0.2) is 4.79 Å². The number of nitrogens with zero attached hydrogens (tertiary/aromatic N) is 1. The van der Waals surface area contributed by atoms with Crippen molar-refractivity contribution >= 4 is 20.2 Å². The van der Waals surface area contributed by atoms with E-state index >= 15 is 0 Å². The maximum Gasteiger partial charge on any atom is 0.410 e. The van der Waals surface area contributed by atoms with Crippen molar-refractivity contribution in [2.45, 2.75) is 109 Å². The average Bonchev–Trinajstić information content (AvgIpc) is 2.74. The van der Waals surface area contributed by atoms with E-state index in [2.05, 4.69) is 33.9 Å². The van der Waals surface area contributed by atoms with Gasteiger partial charge in [0.25, 0.3) is 0 Å². The van der Waals surface area contributed by atoms with Gasteiger partial charge in [-0.15, -0.1) is 0 Å². The molecule has 0 spiro atoms. The molecule has 2 saturated heterocycles. The molecule has 1 amide bonds. The number of carbonyl (C=O) groups excluding carboxylic acids is 2. The van der Waals surface area contributed by atoms with E-state index in [1.54, 1.807) is 0 Å². The molecule has 0 aliphatic carbocycles. The van der Waals surface area contributed by atoms with Crippen molar-refractivity contribution in [1.82, 2.24) is 4.90 Å². The highest BCUT2D eigenvalue weighted by atomic mass is 28.4. The van der Waals surface area contributed by atoms with Crippen molar-refractivity contribution in [3.8, 4) is 0 Å². The van der Waals surface area contributed by atoms with Gasteiger partial charge in [0.1, 0.15) is 11.4 Å². The van der Waals surface area contributed by atoms with Crippen LogP contribution in [0, 0.1) is 5.92 Å². The molecule has 5 nitrogen and oxygen atoms in total. The summed E-state index contributed by atoms with van der Waals surface area (Å²) in [7, 11) is -1.81. The molecule has 2 aliphatic rings. The molecule has 0 saturated carbocycles. The summed E-state index contributed by atoms with van der Waals surface area (Å²) in [5, 5.41) is 0.161. The summed E-state index contributed by atoms with van der Waals surface area (Å²) in [5.41, 5.74) is -0.482. The summed E-state index contributed by atoms with van der Waals surface area (Å²) in [4.78, 5) is 27.2. The molecule has 2 bridgehead atoms. The number of Topliss-reactive ketones (excluding diaryl/α,β-unsaturated/α-hetero) is 1. The fraction of sp³-hybridized carbons (Fsp3) is 0.905. The molecule has 0 aromatic rings. The summed E-state index contributed by atoms with van der Waals surface area (Å²) in [6.07, 6.45) is 3.77. The number of carbonyl (C=O) groups is 2. The second kappa shape index (κ2) is 7.86. The minimum Gasteiger partial charge on any atom is -0.444 e. The minimum absolute atomic E-state index is 0.0594. The van der Waals surface area contributed by atoms with E-state index in [9.17, 15) is 9.59 Å². The van der Waals surface area contributed by atoms with Gasteiger partial charge in [-0.1, -0.05) is 20.8 Å². The lowest BCUT2D eigenvalue weighted by Gasteiger charge is -2.39. The Labute approximate surface area is 166 Å². The first kappa shape index (κ1) is 22.4. The highest BCUT2D eigenvalue weighted by Gasteiger charge is 2.46. The van der Waals surface area contributed by atoms with E-state index in [4.69, 9.17) is 9.16 Å². The predicted molar refractivity (Wildman–Crippen MR) is 110 cm³/mol. The molecule has 2 unspecified atom stereocenters. The number of rotatable bonds is 5. The van der Waals surface area contributed by atoms with Crippen LogP contribution in [0.1, 0.15) is 73.6 Å². The lowest BCUT2D eigenvalue weighted by atomic mass is 9.86. The van der Waals surface area contributed by atoms with Crippen LogP contribution in [0.25, 0.3) is 0 Å². The van der Waals surface area contributed by atoms with Crippen LogP contribution in [0.5, 0.6) is 0 Å². The first-order valence-electron chi connectivity index (χ1n) is 10.4. The lowest BCUT2D eigenvalue weighted by molar-refractivity contribution is -0.125. The van der Waals surface area contributed by atoms with Crippen molar-refractivity contribution in [3.05, 3.63) is 0 Å². The van der Waals surface area contributed by atoms with E-state index in [-0.39, 0.29) is 29.1 Å². The Balaban J connectivity index is 1.87. The van der Waals surface area contributed by atoms with Gasteiger partial charge in [0, 0.05) is 31.0 Å². The molecule has 0 aromatic carbocycles. The Kier molecular flexibility index (Phi) is 6.52. The van der Waals surface area contributed by atoms with Gasteiger partial charge in [0.05, 0.1) is 0 Å². The maximum atomic E-state index is 12.8. The molecular formula is C21H39NO4Si. The van der Waals surface area contributed by atoms with Crippen molar-refractivity contribution in [3.63, 3.8) is 0 Å². The van der Waals surface area contributed by atoms with Gasteiger partial charge in [0.2, 0.25) is 0 Å². The maximum absolute atomic E-state index is 12.8. The summed E-state index contributed by atoms with van der Waals surface area (Å²) in [6.45, 7) is 17.3. The van der Waals surface area contributed by atoms with Crippen molar-refractivity contribution < 1.29 is 18.8 Å². The molecule has 0 N–H and O–H groups in total. The molecule has 156 valence electrons. The first-order chi connectivity index (χ1) is 12.2. The minimum atomic E-state index is -1.81. The second-order valence-electron chi connectivity index (χ2n) is 10.8. The predicted octanol–water partition coefficient (Wildman–Crippen LogP) is 5.15. The van der Waals surface area contributed by atoms with Gasteiger partial charge in [-0.05, 0) is 64.6 Å². The monoisotopic (exact) mass is 397 g/mol. The van der Waals surface area contributed by atoms with Crippen LogP contribution in [0.4, 0.5) is 4.79 Å². The molecule has 0 radical (unpaired) electrons. The molecule has 0 aromatic heterocycles. The van der Waals surface area contributed by atoms with Crippen LogP contribution in [-0.4, -0.2) is 49.4 Å². The number of ketones is 1. The molecule has 27 heavy (non-hydrogen) atoms. The Bertz CT molecular complexity index is 548. The fourth-order valence-electron chi connectivity index (χ4n) is 3.88. The van der Waals surface area contributed by atoms with Gasteiger partial charge < -0.3 is 14.1 Å². The molecule has 2 aliphatic heterocycles.